The Morgan fingerprint density at radius 3 is 0.825 bits per heavy atom. The lowest BCUT2D eigenvalue weighted by atomic mass is 9.84. The molecule has 0 N–H and O–H groups in total. The molecule has 1 unspecified atom stereocenters. The topological polar surface area (TPSA) is 0 Å². The maximum absolute atomic E-state index is 2.46. The zero-order valence-electron chi connectivity index (χ0n) is 57.2. The first-order valence-corrected chi connectivity index (χ1v) is 36.1. The Hall–Kier alpha value is -13.0. The summed E-state index contributed by atoms with van der Waals surface area (Å²) < 4.78 is 0. The third-order valence-electron chi connectivity index (χ3n) is 21.7. The largest absolute Gasteiger partial charge is 0.0622 e. The fourth-order valence-corrected chi connectivity index (χ4v) is 16.9. The molecule has 0 spiro atoms. The Balaban J connectivity index is 0.000000142. The van der Waals surface area contributed by atoms with Crippen LogP contribution in [0.15, 0.2) is 388 Å². The molecule has 0 heterocycles. The third-order valence-corrected chi connectivity index (χ3v) is 21.7. The SMILES string of the molecule is CC1c2ccccc2-c2ccc(-c3c4ccccc4c(-c4cccc(-c5cc(-c6ccccc6)cc(-c6ccccc6)c5)c4)c4ccccc34)cc21.c1ccc(-c2cc(-c3ccccc3)cc(-c3cccc(-c4c5ccccc5c(-c5ccc6c(c5)Cc5ccccc5-6)c5ccccc45)c3)c2)cc1. The van der Waals surface area contributed by atoms with Crippen molar-refractivity contribution in [3.63, 3.8) is 0 Å². The Morgan fingerprint density at radius 1 is 0.165 bits per heavy atom. The van der Waals surface area contributed by atoms with E-state index in [9.17, 15) is 0 Å². The van der Waals surface area contributed by atoms with Crippen LogP contribution in [0.5, 0.6) is 0 Å². The van der Waals surface area contributed by atoms with Crippen LogP contribution in [0.4, 0.5) is 0 Å². The molecule has 482 valence electrons. The molecule has 0 radical (unpaired) electrons. The molecule has 0 nitrogen and oxygen atoms in total. The molecule has 2 aliphatic carbocycles. The molecule has 18 aromatic carbocycles. The predicted octanol–water partition coefficient (Wildman–Crippen LogP) is 28.4. The van der Waals surface area contributed by atoms with Crippen molar-refractivity contribution in [3.05, 3.63) is 411 Å². The molecule has 0 aromatic heterocycles. The summed E-state index contributed by atoms with van der Waals surface area (Å²) in [6, 6.07) is 143. The first-order chi connectivity index (χ1) is 51.0. The quantitative estimate of drug-likeness (QED) is 0.120. The molecule has 1 atom stereocenters. The number of rotatable bonds is 10. The van der Waals surface area contributed by atoms with E-state index in [-0.39, 0.29) is 0 Å². The third kappa shape index (κ3) is 11.0. The lowest BCUT2D eigenvalue weighted by molar-refractivity contribution is 0.957. The standard InChI is InChI=1S/C52H36.C51H34/c1-34-43-21-8-9-22-44(43)45-28-27-39(33-50(34)45)52-48-25-12-10-23-46(48)51(47-24-11-13-26-49(47)52)38-20-14-19-37(29-38)42-31-40(35-15-4-2-5-16-35)30-41(32-42)36-17-6-3-7-18-36;1-3-14-34(15-4-1)40-31-41(35-16-5-2-6-17-35)33-42(32-40)36-19-13-20-38(28-36)50-46-22-9-11-24-48(46)51(49-25-12-10-23-47(49)50)39-26-27-45-43(30-39)29-37-18-7-8-21-44(37)45/h2-34H,1H3;1-28,30-33H,29H2. The molecule has 0 fully saturated rings. The van der Waals surface area contributed by atoms with E-state index in [1.54, 1.807) is 0 Å². The Bertz CT molecular complexity index is 6090. The van der Waals surface area contributed by atoms with Gasteiger partial charge in [-0.1, -0.05) is 341 Å². The summed E-state index contributed by atoms with van der Waals surface area (Å²) in [6.45, 7) is 2.35. The normalized spacial score (nSPS) is 12.6. The van der Waals surface area contributed by atoms with Crippen molar-refractivity contribution in [2.45, 2.75) is 19.3 Å². The van der Waals surface area contributed by atoms with Gasteiger partial charge >= 0.3 is 0 Å². The Kier molecular flexibility index (Phi) is 15.4. The van der Waals surface area contributed by atoms with Gasteiger partial charge in [0.15, 0.2) is 0 Å². The molecular weight excluding hydrogens is 1240 g/mol. The van der Waals surface area contributed by atoms with Gasteiger partial charge in [0.2, 0.25) is 0 Å². The lowest BCUT2D eigenvalue weighted by Crippen LogP contribution is -1.93. The van der Waals surface area contributed by atoms with E-state index in [4.69, 9.17) is 0 Å². The van der Waals surface area contributed by atoms with E-state index in [1.165, 1.54) is 199 Å². The molecule has 20 rings (SSSR count). The van der Waals surface area contributed by atoms with E-state index in [0.29, 0.717) is 5.92 Å². The van der Waals surface area contributed by atoms with Crippen LogP contribution in [0.3, 0.4) is 0 Å². The van der Waals surface area contributed by atoms with Crippen LogP contribution in [-0.4, -0.2) is 0 Å². The van der Waals surface area contributed by atoms with E-state index < -0.39 is 0 Å². The maximum Gasteiger partial charge on any atom is 0.00735 e. The summed E-state index contributed by atoms with van der Waals surface area (Å²) >= 11 is 0. The highest BCUT2D eigenvalue weighted by Crippen LogP contribution is 2.51. The van der Waals surface area contributed by atoms with Crippen molar-refractivity contribution in [2.75, 3.05) is 0 Å². The van der Waals surface area contributed by atoms with Crippen LogP contribution >= 0.6 is 0 Å². The van der Waals surface area contributed by atoms with Gasteiger partial charge in [0, 0.05) is 5.92 Å². The van der Waals surface area contributed by atoms with E-state index in [2.05, 4.69) is 395 Å². The van der Waals surface area contributed by atoms with Crippen LogP contribution in [-0.2, 0) is 6.42 Å². The molecule has 0 heteroatoms. The second-order valence-electron chi connectivity index (χ2n) is 27.7. The van der Waals surface area contributed by atoms with Crippen molar-refractivity contribution >= 4 is 43.1 Å². The van der Waals surface area contributed by atoms with E-state index in [1.807, 2.05) is 0 Å². The minimum absolute atomic E-state index is 0.369. The highest BCUT2D eigenvalue weighted by atomic mass is 14.3. The van der Waals surface area contributed by atoms with Crippen molar-refractivity contribution in [1.82, 2.24) is 0 Å². The Labute approximate surface area is 602 Å². The predicted molar refractivity (Wildman–Crippen MR) is 438 cm³/mol. The highest BCUT2D eigenvalue weighted by Gasteiger charge is 2.28. The molecule has 0 bridgehead atoms. The summed E-state index contributed by atoms with van der Waals surface area (Å²) in [7, 11) is 0. The van der Waals surface area contributed by atoms with Crippen LogP contribution in [0.25, 0.3) is 177 Å². The summed E-state index contributed by atoms with van der Waals surface area (Å²) in [4.78, 5) is 0. The Morgan fingerprint density at radius 2 is 0.427 bits per heavy atom. The number of fused-ring (bicyclic) bond motifs is 10. The summed E-state index contributed by atoms with van der Waals surface area (Å²) in [5.74, 6) is 0.369. The van der Waals surface area contributed by atoms with Crippen molar-refractivity contribution in [2.24, 2.45) is 0 Å². The minimum atomic E-state index is 0.369. The number of benzene rings is 18. The van der Waals surface area contributed by atoms with Gasteiger partial charge in [-0.05, 0) is 260 Å². The molecule has 2 aliphatic rings. The monoisotopic (exact) mass is 1310 g/mol. The highest BCUT2D eigenvalue weighted by molar-refractivity contribution is 6.23. The number of hydrogen-bond acceptors (Lipinski definition) is 0. The summed E-state index contributed by atoms with van der Waals surface area (Å²) in [5.41, 5.74) is 35.9. The first kappa shape index (κ1) is 61.1. The maximum atomic E-state index is 2.46. The zero-order chi connectivity index (χ0) is 68.3. The average molecular weight is 1310 g/mol. The molecular formula is C103H70. The van der Waals surface area contributed by atoms with Crippen molar-refractivity contribution < 1.29 is 0 Å². The van der Waals surface area contributed by atoms with Gasteiger partial charge in [-0.25, -0.2) is 0 Å². The second-order valence-corrected chi connectivity index (χ2v) is 27.7. The zero-order valence-corrected chi connectivity index (χ0v) is 57.2. The van der Waals surface area contributed by atoms with Crippen LogP contribution in [0, 0.1) is 0 Å². The van der Waals surface area contributed by atoms with Gasteiger partial charge in [-0.15, -0.1) is 0 Å². The molecule has 18 aromatic rings. The minimum Gasteiger partial charge on any atom is -0.0622 e. The molecule has 103 heavy (non-hydrogen) atoms. The van der Waals surface area contributed by atoms with E-state index in [0.717, 1.165) is 6.42 Å². The molecule has 0 aliphatic heterocycles. The average Bonchev–Trinajstić information content (AvgIpc) is 1.41. The lowest BCUT2D eigenvalue weighted by Gasteiger charge is -2.19. The second kappa shape index (κ2) is 25.9. The van der Waals surface area contributed by atoms with Crippen molar-refractivity contribution in [1.29, 1.82) is 0 Å². The van der Waals surface area contributed by atoms with E-state index >= 15 is 0 Å². The first-order valence-electron chi connectivity index (χ1n) is 36.1. The van der Waals surface area contributed by atoms with Gasteiger partial charge in [0.05, 0.1) is 0 Å². The molecule has 0 amide bonds. The van der Waals surface area contributed by atoms with Gasteiger partial charge in [0.25, 0.3) is 0 Å². The number of hydrogen-bond donors (Lipinski definition) is 0. The van der Waals surface area contributed by atoms with Crippen molar-refractivity contribution in [3.8, 4) is 134 Å². The van der Waals surface area contributed by atoms with Gasteiger partial charge in [0.1, 0.15) is 0 Å². The summed E-state index contributed by atoms with van der Waals surface area (Å²) in [6.07, 6.45) is 0.984. The van der Waals surface area contributed by atoms with Crippen LogP contribution in [0.2, 0.25) is 0 Å². The van der Waals surface area contributed by atoms with Crippen LogP contribution < -0.4 is 0 Å². The fourth-order valence-electron chi connectivity index (χ4n) is 16.9. The fraction of sp³-hybridized carbons (Fsp3) is 0.0291. The van der Waals surface area contributed by atoms with Gasteiger partial charge in [-0.2, -0.15) is 0 Å². The molecule has 0 saturated heterocycles. The smallest absolute Gasteiger partial charge is 0.00735 e. The van der Waals surface area contributed by atoms with Crippen LogP contribution in [0.1, 0.15) is 35.1 Å². The van der Waals surface area contributed by atoms with Gasteiger partial charge < -0.3 is 0 Å². The molecule has 0 saturated carbocycles. The summed E-state index contributed by atoms with van der Waals surface area (Å²) in [5, 5.41) is 10.2. The van der Waals surface area contributed by atoms with Gasteiger partial charge in [-0.3, -0.25) is 0 Å².